The summed E-state index contributed by atoms with van der Waals surface area (Å²) < 4.78 is -0.861. The van der Waals surface area contributed by atoms with Gasteiger partial charge >= 0.3 is 0 Å². The molecule has 7 nitrogen and oxygen atoms in total. The fourth-order valence-electron chi connectivity index (χ4n) is 7.30. The van der Waals surface area contributed by atoms with Gasteiger partial charge in [-0.05, 0) is 55.2 Å². The molecular weight excluding hydrogens is 662 g/mol. The van der Waals surface area contributed by atoms with E-state index in [0.29, 0.717) is 30.1 Å². The van der Waals surface area contributed by atoms with Gasteiger partial charge in [-0.3, -0.25) is 14.4 Å². The largest absolute Gasteiger partial charge is 0.394 e. The van der Waals surface area contributed by atoms with Gasteiger partial charge in [-0.1, -0.05) is 71.7 Å². The average Bonchev–Trinajstić information content (AvgIpc) is 3.61. The van der Waals surface area contributed by atoms with Crippen LogP contribution in [0.3, 0.4) is 0 Å². The quantitative estimate of drug-likeness (QED) is 0.219. The molecule has 3 fully saturated rings. The zero-order valence-corrected chi connectivity index (χ0v) is 28.2. The van der Waals surface area contributed by atoms with Gasteiger partial charge in [-0.2, -0.15) is 0 Å². The molecule has 3 aliphatic rings. The SMILES string of the molecule is C=CCN(C(=O)C1N([C@@H](CO)CC(C)C)C(=O)[C@@H]2[C@H](C(=O)N(CC=C)c3ccccc3)[C@H]3SC12CC3Br)c1ccc(Cl)cc1. The van der Waals surface area contributed by atoms with E-state index in [-0.39, 0.29) is 46.9 Å². The summed E-state index contributed by atoms with van der Waals surface area (Å²) in [5, 5.41) is 11.0. The van der Waals surface area contributed by atoms with Crippen LogP contribution < -0.4 is 9.80 Å². The molecule has 0 aliphatic carbocycles. The van der Waals surface area contributed by atoms with Crippen molar-refractivity contribution in [2.75, 3.05) is 29.5 Å². The Balaban J connectivity index is 1.63. The Kier molecular flexibility index (Phi) is 10.00. The summed E-state index contributed by atoms with van der Waals surface area (Å²) >= 11 is 11.6. The standard InChI is InChI=1S/C34H39BrClN3O4S/c1-5-16-37(23-10-8-7-9-11-23)31(41)27-28-32(42)39(25(20-40)18-21(3)4)30(34(28)19-26(35)29(27)44-34)33(43)38(17-6-2)24-14-12-22(36)13-15-24/h5-15,21,25-30,40H,1-2,16-20H2,3-4H3/t25-,26?,27+,28+,29+,30?,34?/m1/s1. The van der Waals surface area contributed by atoms with Gasteiger partial charge in [-0.25, -0.2) is 0 Å². The number of aliphatic hydroxyl groups is 1. The summed E-state index contributed by atoms with van der Waals surface area (Å²) in [5.41, 5.74) is 1.37. The van der Waals surface area contributed by atoms with E-state index < -0.39 is 28.7 Å². The highest BCUT2D eigenvalue weighted by Gasteiger charge is 2.76. The Morgan fingerprint density at radius 3 is 2.23 bits per heavy atom. The van der Waals surface area contributed by atoms with Gasteiger partial charge in [0.05, 0.1) is 29.2 Å². The van der Waals surface area contributed by atoms with Crippen molar-refractivity contribution in [2.24, 2.45) is 17.8 Å². The number of likely N-dealkylation sites (tertiary alicyclic amines) is 1. The first-order valence-corrected chi connectivity index (χ1v) is 17.2. The van der Waals surface area contributed by atoms with Gasteiger partial charge in [0, 0.05) is 39.6 Å². The maximum atomic E-state index is 14.9. The van der Waals surface area contributed by atoms with Crippen LogP contribution in [0.5, 0.6) is 0 Å². The summed E-state index contributed by atoms with van der Waals surface area (Å²) in [5.74, 6) is -1.86. The Morgan fingerprint density at radius 1 is 1.07 bits per heavy atom. The Morgan fingerprint density at radius 2 is 1.66 bits per heavy atom. The monoisotopic (exact) mass is 699 g/mol. The molecule has 234 valence electrons. The molecule has 0 aromatic heterocycles. The number of nitrogens with zero attached hydrogens (tertiary/aromatic N) is 3. The van der Waals surface area contributed by atoms with Gasteiger partial charge < -0.3 is 19.8 Å². The summed E-state index contributed by atoms with van der Waals surface area (Å²) in [7, 11) is 0. The highest BCUT2D eigenvalue weighted by molar-refractivity contribution is 9.09. The zero-order chi connectivity index (χ0) is 31.8. The van der Waals surface area contributed by atoms with E-state index in [9.17, 15) is 19.5 Å². The Hall–Kier alpha value is -2.59. The number of rotatable bonds is 12. The number of para-hydroxylation sites is 1. The summed E-state index contributed by atoms with van der Waals surface area (Å²) in [6.07, 6.45) is 4.41. The van der Waals surface area contributed by atoms with Crippen LogP contribution in [0.25, 0.3) is 0 Å². The second kappa shape index (κ2) is 13.4. The molecular formula is C34H39BrClN3O4S. The minimum atomic E-state index is -0.885. The van der Waals surface area contributed by atoms with Crippen LogP contribution in [0.15, 0.2) is 79.9 Å². The fourth-order valence-corrected chi connectivity index (χ4v) is 11.0. The number of amides is 3. The van der Waals surface area contributed by atoms with Crippen LogP contribution in [0.2, 0.25) is 5.02 Å². The molecule has 0 radical (unpaired) electrons. The predicted molar refractivity (Wildman–Crippen MR) is 182 cm³/mol. The van der Waals surface area contributed by atoms with Crippen LogP contribution in [-0.2, 0) is 14.4 Å². The van der Waals surface area contributed by atoms with E-state index in [1.165, 1.54) is 0 Å². The van der Waals surface area contributed by atoms with E-state index in [1.807, 2.05) is 44.2 Å². The van der Waals surface area contributed by atoms with Crippen LogP contribution in [0.1, 0.15) is 26.7 Å². The molecule has 3 saturated heterocycles. The molecule has 2 bridgehead atoms. The number of fused-ring (bicyclic) bond motifs is 1. The van der Waals surface area contributed by atoms with Crippen LogP contribution in [-0.4, -0.2) is 74.3 Å². The van der Waals surface area contributed by atoms with Gasteiger partial charge in [-0.15, -0.1) is 24.9 Å². The lowest BCUT2D eigenvalue weighted by Crippen LogP contribution is -2.58. The molecule has 2 aromatic rings. The molecule has 3 heterocycles. The van der Waals surface area contributed by atoms with Crippen molar-refractivity contribution >= 4 is 68.4 Å². The second-order valence-corrected chi connectivity index (χ2v) is 15.3. The highest BCUT2D eigenvalue weighted by Crippen LogP contribution is 2.68. The van der Waals surface area contributed by atoms with Crippen molar-refractivity contribution in [3.8, 4) is 0 Å². The predicted octanol–water partition coefficient (Wildman–Crippen LogP) is 5.95. The molecule has 44 heavy (non-hydrogen) atoms. The zero-order valence-electron chi connectivity index (χ0n) is 25.0. The maximum absolute atomic E-state index is 14.9. The van der Waals surface area contributed by atoms with Crippen molar-refractivity contribution in [3.63, 3.8) is 0 Å². The second-order valence-electron chi connectivity index (χ2n) is 12.2. The molecule has 1 spiro atoms. The number of hydrogen-bond acceptors (Lipinski definition) is 5. The molecule has 10 heteroatoms. The number of carbonyl (C=O) groups is 3. The molecule has 7 atom stereocenters. The average molecular weight is 701 g/mol. The first-order valence-electron chi connectivity index (χ1n) is 15.0. The van der Waals surface area contributed by atoms with Crippen molar-refractivity contribution in [1.29, 1.82) is 0 Å². The first kappa shape index (κ1) is 32.8. The number of aliphatic hydroxyl groups excluding tert-OH is 1. The molecule has 3 unspecified atom stereocenters. The van der Waals surface area contributed by atoms with Gasteiger partial charge in [0.1, 0.15) is 6.04 Å². The molecule has 3 amide bonds. The van der Waals surface area contributed by atoms with Gasteiger partial charge in [0.25, 0.3) is 5.91 Å². The third kappa shape index (κ3) is 5.65. The smallest absolute Gasteiger partial charge is 0.251 e. The third-order valence-electron chi connectivity index (χ3n) is 8.96. The molecule has 0 saturated carbocycles. The topological polar surface area (TPSA) is 81.2 Å². The number of halogens is 2. The lowest BCUT2D eigenvalue weighted by atomic mass is 9.70. The molecule has 3 aliphatic heterocycles. The third-order valence-corrected chi connectivity index (χ3v) is 12.4. The molecule has 2 aromatic carbocycles. The number of hydrogen-bond donors (Lipinski definition) is 1. The lowest BCUT2D eigenvalue weighted by molar-refractivity contribution is -0.142. The van der Waals surface area contributed by atoms with Crippen molar-refractivity contribution in [2.45, 2.75) is 53.6 Å². The summed E-state index contributed by atoms with van der Waals surface area (Å²) in [6.45, 7) is 12.1. The van der Waals surface area contributed by atoms with E-state index in [0.717, 1.165) is 5.69 Å². The van der Waals surface area contributed by atoms with Crippen LogP contribution in [0, 0.1) is 17.8 Å². The number of benzene rings is 2. The van der Waals surface area contributed by atoms with Crippen molar-refractivity contribution in [3.05, 3.63) is 84.9 Å². The maximum Gasteiger partial charge on any atom is 0.251 e. The van der Waals surface area contributed by atoms with Crippen molar-refractivity contribution in [1.82, 2.24) is 4.90 Å². The number of carbonyl (C=O) groups excluding carboxylic acids is 3. The number of anilines is 2. The Bertz CT molecular complexity index is 1410. The summed E-state index contributed by atoms with van der Waals surface area (Å²) in [4.78, 5) is 49.1. The van der Waals surface area contributed by atoms with E-state index in [1.54, 1.807) is 62.9 Å². The van der Waals surface area contributed by atoms with E-state index in [2.05, 4.69) is 29.1 Å². The van der Waals surface area contributed by atoms with Crippen LogP contribution in [0.4, 0.5) is 11.4 Å². The normalized spacial score (nSPS) is 27.7. The molecule has 1 N–H and O–H groups in total. The first-order chi connectivity index (χ1) is 21.1. The minimum Gasteiger partial charge on any atom is -0.394 e. The minimum absolute atomic E-state index is 0.0804. The summed E-state index contributed by atoms with van der Waals surface area (Å²) in [6, 6.07) is 15.0. The highest BCUT2D eigenvalue weighted by atomic mass is 79.9. The lowest BCUT2D eigenvalue weighted by Gasteiger charge is -2.40. The fraction of sp³-hybridized carbons (Fsp3) is 0.441. The number of alkyl halides is 1. The van der Waals surface area contributed by atoms with Crippen LogP contribution >= 0.6 is 39.3 Å². The van der Waals surface area contributed by atoms with Crippen molar-refractivity contribution < 1.29 is 19.5 Å². The van der Waals surface area contributed by atoms with Gasteiger partial charge in [0.2, 0.25) is 11.8 Å². The molecule has 5 rings (SSSR count). The number of thioether (sulfide) groups is 1. The Labute approximate surface area is 277 Å². The van der Waals surface area contributed by atoms with E-state index >= 15 is 0 Å². The van der Waals surface area contributed by atoms with E-state index in [4.69, 9.17) is 11.6 Å². The van der Waals surface area contributed by atoms with Gasteiger partial charge in [0.15, 0.2) is 0 Å².